The highest BCUT2D eigenvalue weighted by Crippen LogP contribution is 2.16. The maximum atomic E-state index is 11.9. The van der Waals surface area contributed by atoms with E-state index in [1.54, 1.807) is 12.4 Å². The molecule has 2 amide bonds. The molecule has 0 saturated carbocycles. The number of H-pyrrole nitrogens is 1. The van der Waals surface area contributed by atoms with Gasteiger partial charge in [-0.05, 0) is 13.8 Å². The predicted octanol–water partition coefficient (Wildman–Crippen LogP) is 0.0352. The Bertz CT molecular complexity index is 413. The number of likely N-dealkylation sites (tertiary alicyclic amines) is 1. The van der Waals surface area contributed by atoms with Crippen molar-refractivity contribution in [3.63, 3.8) is 0 Å². The lowest BCUT2D eigenvalue weighted by Gasteiger charge is -2.19. The van der Waals surface area contributed by atoms with Crippen molar-refractivity contribution in [2.24, 2.45) is 0 Å². The summed E-state index contributed by atoms with van der Waals surface area (Å²) in [6, 6.07) is -0.500. The number of aromatic amines is 1. The number of hydrogen-bond acceptors (Lipinski definition) is 4. The highest BCUT2D eigenvalue weighted by Gasteiger charge is 2.39. The van der Waals surface area contributed by atoms with Gasteiger partial charge in [0.2, 0.25) is 11.8 Å². The topological polar surface area (TPSA) is 78.1 Å². The van der Waals surface area contributed by atoms with Crippen molar-refractivity contribution in [1.29, 1.82) is 0 Å². The zero-order valence-corrected chi connectivity index (χ0v) is 9.93. The number of rotatable bonds is 4. The van der Waals surface area contributed by atoms with Crippen LogP contribution in [0.5, 0.6) is 0 Å². The largest absolute Gasteiger partial charge is 0.348 e. The lowest BCUT2D eigenvalue weighted by molar-refractivity contribution is -0.140. The Labute approximate surface area is 99.4 Å². The van der Waals surface area contributed by atoms with E-state index >= 15 is 0 Å². The number of nitrogens with one attached hydrogen (secondary N) is 2. The van der Waals surface area contributed by atoms with Gasteiger partial charge >= 0.3 is 0 Å². The van der Waals surface area contributed by atoms with Gasteiger partial charge in [0.15, 0.2) is 0 Å². The fourth-order valence-electron chi connectivity index (χ4n) is 1.97. The van der Waals surface area contributed by atoms with Crippen molar-refractivity contribution in [3.05, 3.63) is 18.2 Å². The molecule has 0 spiro atoms. The van der Waals surface area contributed by atoms with E-state index in [4.69, 9.17) is 0 Å². The summed E-state index contributed by atoms with van der Waals surface area (Å²) in [5, 5.41) is 3.04. The fourth-order valence-corrected chi connectivity index (χ4v) is 1.97. The molecule has 0 radical (unpaired) electrons. The summed E-state index contributed by atoms with van der Waals surface area (Å²) in [5.74, 6) is 0.506. The van der Waals surface area contributed by atoms with Crippen LogP contribution in [-0.2, 0) is 16.1 Å². The van der Waals surface area contributed by atoms with Crippen molar-refractivity contribution in [3.8, 4) is 0 Å². The molecule has 1 aromatic rings. The van der Waals surface area contributed by atoms with Gasteiger partial charge in [0, 0.05) is 18.4 Å². The summed E-state index contributed by atoms with van der Waals surface area (Å²) in [4.78, 5) is 31.9. The van der Waals surface area contributed by atoms with Crippen LogP contribution in [0.25, 0.3) is 0 Å². The van der Waals surface area contributed by atoms with E-state index in [2.05, 4.69) is 15.3 Å². The molecule has 1 fully saturated rings. The number of imide groups is 1. The van der Waals surface area contributed by atoms with Gasteiger partial charge in [-0.25, -0.2) is 4.98 Å². The zero-order chi connectivity index (χ0) is 12.4. The summed E-state index contributed by atoms with van der Waals surface area (Å²) in [6.07, 6.45) is 3.61. The van der Waals surface area contributed by atoms with E-state index in [0.717, 1.165) is 5.82 Å². The van der Waals surface area contributed by atoms with Crippen LogP contribution in [0.15, 0.2) is 12.4 Å². The average Bonchev–Trinajstić information content (AvgIpc) is 2.84. The second kappa shape index (κ2) is 4.67. The van der Waals surface area contributed by atoms with Crippen LogP contribution in [0.2, 0.25) is 0 Å². The quantitative estimate of drug-likeness (QED) is 0.723. The molecule has 1 aliphatic rings. The second-order valence-corrected chi connectivity index (χ2v) is 4.37. The number of imidazole rings is 1. The Hall–Kier alpha value is -1.69. The van der Waals surface area contributed by atoms with Crippen LogP contribution >= 0.6 is 0 Å². The first-order valence-corrected chi connectivity index (χ1v) is 5.67. The molecule has 2 N–H and O–H groups in total. The summed E-state index contributed by atoms with van der Waals surface area (Å²) >= 11 is 0. The van der Waals surface area contributed by atoms with Crippen molar-refractivity contribution in [1.82, 2.24) is 20.2 Å². The van der Waals surface area contributed by atoms with E-state index in [-0.39, 0.29) is 24.3 Å². The molecule has 0 aliphatic carbocycles. The number of nitrogens with zero attached hydrogens (tertiary/aromatic N) is 2. The van der Waals surface area contributed by atoms with Crippen molar-refractivity contribution in [2.75, 3.05) is 0 Å². The minimum absolute atomic E-state index is 0.0783. The highest BCUT2D eigenvalue weighted by atomic mass is 16.2. The third-order valence-electron chi connectivity index (χ3n) is 2.77. The monoisotopic (exact) mass is 236 g/mol. The van der Waals surface area contributed by atoms with Crippen molar-refractivity contribution < 1.29 is 9.59 Å². The van der Waals surface area contributed by atoms with Gasteiger partial charge in [-0.3, -0.25) is 19.8 Å². The van der Waals surface area contributed by atoms with Crippen molar-refractivity contribution >= 4 is 11.8 Å². The van der Waals surface area contributed by atoms with Crippen LogP contribution in [0.1, 0.15) is 26.1 Å². The molecule has 1 aromatic heterocycles. The Morgan fingerprint density at radius 3 is 2.88 bits per heavy atom. The molecular formula is C11H16N4O2. The lowest BCUT2D eigenvalue weighted by Crippen LogP contribution is -2.41. The third kappa shape index (κ3) is 2.36. The van der Waals surface area contributed by atoms with Gasteiger partial charge in [0.25, 0.3) is 0 Å². The molecule has 17 heavy (non-hydrogen) atoms. The minimum Gasteiger partial charge on any atom is -0.348 e. The summed E-state index contributed by atoms with van der Waals surface area (Å²) in [5.41, 5.74) is 0. The molecule has 1 saturated heterocycles. The molecule has 92 valence electrons. The number of carbonyl (C=O) groups excluding carboxylic acids is 2. The van der Waals surface area contributed by atoms with Gasteiger partial charge in [-0.1, -0.05) is 0 Å². The molecular weight excluding hydrogens is 220 g/mol. The number of hydrogen-bond donors (Lipinski definition) is 2. The summed E-state index contributed by atoms with van der Waals surface area (Å²) in [7, 11) is 0. The Morgan fingerprint density at radius 1 is 1.59 bits per heavy atom. The maximum Gasteiger partial charge on any atom is 0.247 e. The first kappa shape index (κ1) is 11.8. The minimum atomic E-state index is -0.421. The molecule has 2 heterocycles. The van der Waals surface area contributed by atoms with Gasteiger partial charge in [-0.2, -0.15) is 0 Å². The SMILES string of the molecule is CC(C)N1C(=O)CC(NCc2ncc[nH]2)C1=O. The van der Waals surface area contributed by atoms with E-state index in [0.29, 0.717) is 6.54 Å². The molecule has 2 rings (SSSR count). The van der Waals surface area contributed by atoms with Crippen LogP contribution in [0.4, 0.5) is 0 Å². The Morgan fingerprint density at radius 2 is 2.35 bits per heavy atom. The Balaban J connectivity index is 1.95. The molecule has 1 atom stereocenters. The van der Waals surface area contributed by atoms with E-state index in [1.165, 1.54) is 4.90 Å². The van der Waals surface area contributed by atoms with E-state index in [1.807, 2.05) is 13.8 Å². The van der Waals surface area contributed by atoms with Gasteiger partial charge in [0.05, 0.1) is 19.0 Å². The summed E-state index contributed by atoms with van der Waals surface area (Å²) in [6.45, 7) is 4.14. The molecule has 1 unspecified atom stereocenters. The number of carbonyl (C=O) groups is 2. The number of amides is 2. The van der Waals surface area contributed by atoms with Crippen LogP contribution in [0, 0.1) is 0 Å². The average molecular weight is 236 g/mol. The highest BCUT2D eigenvalue weighted by molar-refractivity contribution is 6.05. The van der Waals surface area contributed by atoms with E-state index in [9.17, 15) is 9.59 Å². The first-order chi connectivity index (χ1) is 8.09. The standard InChI is InChI=1S/C11H16N4O2/c1-7(2)15-10(16)5-8(11(15)17)14-6-9-12-3-4-13-9/h3-4,7-8,14H,5-6H2,1-2H3,(H,12,13). The second-order valence-electron chi connectivity index (χ2n) is 4.37. The van der Waals surface area contributed by atoms with Crippen LogP contribution in [-0.4, -0.2) is 38.8 Å². The number of aromatic nitrogens is 2. The Kier molecular flexibility index (Phi) is 3.23. The smallest absolute Gasteiger partial charge is 0.247 e. The van der Waals surface area contributed by atoms with Crippen LogP contribution < -0.4 is 5.32 Å². The van der Waals surface area contributed by atoms with Crippen molar-refractivity contribution in [2.45, 2.75) is 38.9 Å². The fraction of sp³-hybridized carbons (Fsp3) is 0.545. The van der Waals surface area contributed by atoms with Crippen LogP contribution in [0.3, 0.4) is 0 Å². The van der Waals surface area contributed by atoms with Gasteiger partial charge in [-0.15, -0.1) is 0 Å². The van der Waals surface area contributed by atoms with Gasteiger partial charge in [0.1, 0.15) is 5.82 Å². The molecule has 6 heteroatoms. The predicted molar refractivity (Wildman–Crippen MR) is 60.8 cm³/mol. The lowest BCUT2D eigenvalue weighted by atomic mass is 10.2. The molecule has 0 bridgehead atoms. The molecule has 6 nitrogen and oxygen atoms in total. The first-order valence-electron chi connectivity index (χ1n) is 5.67. The van der Waals surface area contributed by atoms with E-state index < -0.39 is 6.04 Å². The van der Waals surface area contributed by atoms with Gasteiger partial charge < -0.3 is 4.98 Å². The molecule has 0 aromatic carbocycles. The zero-order valence-electron chi connectivity index (χ0n) is 9.93. The summed E-state index contributed by atoms with van der Waals surface area (Å²) < 4.78 is 0. The maximum absolute atomic E-state index is 11.9. The molecule has 1 aliphatic heterocycles. The third-order valence-corrected chi connectivity index (χ3v) is 2.77. The normalized spacial score (nSPS) is 20.6.